The van der Waals surface area contributed by atoms with Crippen LogP contribution in [-0.2, 0) is 0 Å². The third-order valence-electron chi connectivity index (χ3n) is 9.52. The Hall–Kier alpha value is -0.550. The maximum Gasteiger partial charge on any atom is 0.0661 e. The van der Waals surface area contributed by atoms with Crippen molar-refractivity contribution in [3.8, 4) is 6.07 Å². The Kier molecular flexibility index (Phi) is 4.03. The Balaban J connectivity index is 1.62. The van der Waals surface area contributed by atoms with Gasteiger partial charge in [-0.25, -0.2) is 0 Å². The first-order chi connectivity index (χ1) is 11.4. The lowest BCUT2D eigenvalue weighted by Gasteiger charge is -2.61. The van der Waals surface area contributed by atoms with Gasteiger partial charge in [0.25, 0.3) is 0 Å². The van der Waals surface area contributed by atoms with E-state index in [0.717, 1.165) is 42.9 Å². The molecule has 4 rings (SSSR count). The molecule has 0 amide bonds. The van der Waals surface area contributed by atoms with Crippen LogP contribution in [0.1, 0.15) is 78.6 Å². The Bertz CT molecular complexity index is 539. The summed E-state index contributed by atoms with van der Waals surface area (Å²) in [6, 6.07) is 2.65. The molecule has 4 aliphatic carbocycles. The van der Waals surface area contributed by atoms with Crippen LogP contribution >= 0.6 is 0 Å². The second-order valence-electron chi connectivity index (χ2n) is 10.1. The monoisotopic (exact) mass is 329 g/mol. The van der Waals surface area contributed by atoms with Gasteiger partial charge in [-0.05, 0) is 91.8 Å². The lowest BCUT2D eigenvalue weighted by atomic mass is 9.44. The summed E-state index contributed by atoms with van der Waals surface area (Å²) >= 11 is 0. The van der Waals surface area contributed by atoms with Crippen molar-refractivity contribution >= 4 is 0 Å². The van der Waals surface area contributed by atoms with Crippen molar-refractivity contribution in [3.05, 3.63) is 0 Å². The maximum absolute atomic E-state index is 10.5. The Morgan fingerprint density at radius 1 is 1.04 bits per heavy atom. The molecule has 0 spiro atoms. The summed E-state index contributed by atoms with van der Waals surface area (Å²) in [4.78, 5) is 0. The molecule has 0 aliphatic heterocycles. The van der Waals surface area contributed by atoms with Crippen molar-refractivity contribution in [2.45, 2.75) is 84.7 Å². The van der Waals surface area contributed by atoms with Gasteiger partial charge in [-0.1, -0.05) is 27.2 Å². The predicted molar refractivity (Wildman–Crippen MR) is 96.0 cm³/mol. The van der Waals surface area contributed by atoms with Crippen molar-refractivity contribution < 1.29 is 5.11 Å². The van der Waals surface area contributed by atoms with E-state index in [-0.39, 0.29) is 11.5 Å². The van der Waals surface area contributed by atoms with E-state index in [1.54, 1.807) is 0 Å². The number of fused-ring (bicyclic) bond motifs is 5. The summed E-state index contributed by atoms with van der Waals surface area (Å²) < 4.78 is 0. The van der Waals surface area contributed by atoms with E-state index in [0.29, 0.717) is 17.3 Å². The first-order valence-corrected chi connectivity index (χ1v) is 10.5. The van der Waals surface area contributed by atoms with Crippen molar-refractivity contribution in [1.29, 1.82) is 5.26 Å². The standard InChI is InChI=1S/C22H35NO/c1-4-14-12-22(3)15(11-20(14)24)5-7-17-18-8-6-16(13-23)21(18,2)10-9-19(17)22/h14-20,24H,4-12H2,1-3H3/t14-,15-,16+,17-,18-,19-,20-,21+,22-/m0/s1. The second-order valence-corrected chi connectivity index (χ2v) is 10.1. The molecule has 134 valence electrons. The molecule has 0 heterocycles. The number of hydrogen-bond acceptors (Lipinski definition) is 2. The van der Waals surface area contributed by atoms with Gasteiger partial charge in [0.1, 0.15) is 0 Å². The van der Waals surface area contributed by atoms with E-state index in [9.17, 15) is 10.4 Å². The highest BCUT2D eigenvalue weighted by molar-refractivity contribution is 5.13. The van der Waals surface area contributed by atoms with Gasteiger partial charge in [0.15, 0.2) is 0 Å². The summed E-state index contributed by atoms with van der Waals surface area (Å²) in [6.45, 7) is 7.26. The lowest BCUT2D eigenvalue weighted by Crippen LogP contribution is -2.55. The van der Waals surface area contributed by atoms with Crippen molar-refractivity contribution in [2.75, 3.05) is 0 Å². The molecule has 2 nitrogen and oxygen atoms in total. The molecule has 0 aromatic carbocycles. The Labute approximate surface area is 148 Å². The van der Waals surface area contributed by atoms with Crippen LogP contribution in [0.4, 0.5) is 0 Å². The highest BCUT2D eigenvalue weighted by Gasteiger charge is 2.60. The number of hydrogen-bond donors (Lipinski definition) is 1. The summed E-state index contributed by atoms with van der Waals surface area (Å²) in [7, 11) is 0. The van der Waals surface area contributed by atoms with Gasteiger partial charge in [-0.15, -0.1) is 0 Å². The zero-order chi connectivity index (χ0) is 17.1. The summed E-state index contributed by atoms with van der Waals surface area (Å²) in [6.07, 6.45) is 11.0. The fraction of sp³-hybridized carbons (Fsp3) is 0.955. The zero-order valence-corrected chi connectivity index (χ0v) is 15.8. The van der Waals surface area contributed by atoms with Gasteiger partial charge in [0.2, 0.25) is 0 Å². The van der Waals surface area contributed by atoms with E-state index in [2.05, 4.69) is 26.8 Å². The molecular weight excluding hydrogens is 294 g/mol. The van der Waals surface area contributed by atoms with Crippen LogP contribution in [0.25, 0.3) is 0 Å². The van der Waals surface area contributed by atoms with Crippen LogP contribution in [0, 0.1) is 57.7 Å². The van der Waals surface area contributed by atoms with Crippen molar-refractivity contribution in [1.82, 2.24) is 0 Å². The average molecular weight is 330 g/mol. The fourth-order valence-corrected chi connectivity index (χ4v) is 8.05. The molecule has 0 aromatic heterocycles. The summed E-state index contributed by atoms with van der Waals surface area (Å²) in [5, 5.41) is 20.2. The molecule has 4 saturated carbocycles. The van der Waals surface area contributed by atoms with Gasteiger partial charge < -0.3 is 5.11 Å². The van der Waals surface area contributed by atoms with Gasteiger partial charge in [0.05, 0.1) is 18.1 Å². The summed E-state index contributed by atoms with van der Waals surface area (Å²) in [5.41, 5.74) is 0.729. The van der Waals surface area contributed by atoms with E-state index in [1.807, 2.05) is 0 Å². The normalized spacial score (nSPS) is 56.7. The number of aliphatic hydroxyl groups is 1. The van der Waals surface area contributed by atoms with Crippen LogP contribution in [0.3, 0.4) is 0 Å². The highest BCUT2D eigenvalue weighted by atomic mass is 16.3. The van der Waals surface area contributed by atoms with Gasteiger partial charge in [-0.2, -0.15) is 5.26 Å². The molecule has 0 radical (unpaired) electrons. The number of rotatable bonds is 1. The van der Waals surface area contributed by atoms with E-state index >= 15 is 0 Å². The number of aliphatic hydroxyl groups excluding tert-OH is 1. The highest BCUT2D eigenvalue weighted by Crippen LogP contribution is 2.67. The molecule has 0 bridgehead atoms. The van der Waals surface area contributed by atoms with Crippen LogP contribution in [0.5, 0.6) is 0 Å². The van der Waals surface area contributed by atoms with E-state index < -0.39 is 0 Å². The minimum absolute atomic E-state index is 0.0621. The number of nitriles is 1. The molecule has 1 N–H and O–H groups in total. The SMILES string of the molecule is CC[C@H]1C[C@@]2(C)[C@@H](CC[C@@H]3[C@@H]2CC[C@]2(C)[C@@H](C#N)CC[C@@H]32)C[C@@H]1O. The first kappa shape index (κ1) is 16.9. The maximum atomic E-state index is 10.5. The molecule has 4 aliphatic rings. The number of nitrogens with zero attached hydrogens (tertiary/aromatic N) is 1. The molecule has 2 heteroatoms. The van der Waals surface area contributed by atoms with Gasteiger partial charge in [-0.3, -0.25) is 0 Å². The lowest BCUT2D eigenvalue weighted by molar-refractivity contribution is -0.141. The average Bonchev–Trinajstić information content (AvgIpc) is 2.91. The van der Waals surface area contributed by atoms with Crippen LogP contribution in [-0.4, -0.2) is 11.2 Å². The Morgan fingerprint density at radius 2 is 1.79 bits per heavy atom. The third-order valence-corrected chi connectivity index (χ3v) is 9.52. The van der Waals surface area contributed by atoms with E-state index in [1.165, 1.54) is 38.5 Å². The van der Waals surface area contributed by atoms with Crippen molar-refractivity contribution in [2.24, 2.45) is 46.3 Å². The Morgan fingerprint density at radius 3 is 2.50 bits per heavy atom. The zero-order valence-electron chi connectivity index (χ0n) is 15.8. The summed E-state index contributed by atoms with van der Waals surface area (Å²) in [5.74, 6) is 4.00. The van der Waals surface area contributed by atoms with Gasteiger partial charge in [0, 0.05) is 0 Å². The smallest absolute Gasteiger partial charge is 0.0661 e. The minimum Gasteiger partial charge on any atom is -0.393 e. The minimum atomic E-state index is -0.0621. The fourth-order valence-electron chi connectivity index (χ4n) is 8.05. The van der Waals surface area contributed by atoms with Crippen LogP contribution in [0.2, 0.25) is 0 Å². The van der Waals surface area contributed by atoms with Gasteiger partial charge >= 0.3 is 0 Å². The molecule has 0 unspecified atom stereocenters. The molecule has 0 aromatic rings. The van der Waals surface area contributed by atoms with E-state index in [4.69, 9.17) is 0 Å². The third kappa shape index (κ3) is 2.16. The quantitative estimate of drug-likeness (QED) is 0.721. The predicted octanol–water partition coefficient (Wildman–Crippen LogP) is 5.17. The first-order valence-electron chi connectivity index (χ1n) is 10.5. The molecular formula is C22H35NO. The molecule has 9 atom stereocenters. The van der Waals surface area contributed by atoms with Crippen LogP contribution < -0.4 is 0 Å². The topological polar surface area (TPSA) is 44.0 Å². The molecule has 4 fully saturated rings. The van der Waals surface area contributed by atoms with Crippen LogP contribution in [0.15, 0.2) is 0 Å². The van der Waals surface area contributed by atoms with Crippen molar-refractivity contribution in [3.63, 3.8) is 0 Å². The second kappa shape index (κ2) is 5.73. The molecule has 24 heavy (non-hydrogen) atoms. The largest absolute Gasteiger partial charge is 0.393 e. The molecule has 0 saturated heterocycles.